The highest BCUT2D eigenvalue weighted by Crippen LogP contribution is 2.38. The normalized spacial score (nSPS) is 23.5. The van der Waals surface area contributed by atoms with Crippen molar-refractivity contribution in [3.63, 3.8) is 0 Å². The van der Waals surface area contributed by atoms with Crippen LogP contribution in [0.3, 0.4) is 0 Å². The highest BCUT2D eigenvalue weighted by Gasteiger charge is 2.52. The lowest BCUT2D eigenvalue weighted by molar-refractivity contribution is -0.188. The van der Waals surface area contributed by atoms with E-state index in [0.29, 0.717) is 4.47 Å². The van der Waals surface area contributed by atoms with Crippen LogP contribution >= 0.6 is 15.9 Å². The molecule has 0 saturated carbocycles. The molecule has 0 amide bonds. The molecule has 8 heteroatoms. The average Bonchev–Trinajstić information content (AvgIpc) is 2.78. The van der Waals surface area contributed by atoms with Crippen LogP contribution in [0.5, 0.6) is 0 Å². The zero-order valence-electron chi connectivity index (χ0n) is 10.7. The van der Waals surface area contributed by atoms with Crippen molar-refractivity contribution in [2.45, 2.75) is 12.7 Å². The van der Waals surface area contributed by atoms with E-state index in [1.54, 1.807) is 6.07 Å². The van der Waals surface area contributed by atoms with Crippen molar-refractivity contribution in [3.05, 3.63) is 34.1 Å². The smallest absolute Gasteiger partial charge is 0.393 e. The maximum Gasteiger partial charge on any atom is 0.393 e. The second kappa shape index (κ2) is 5.92. The molecule has 1 aromatic rings. The Bertz CT molecular complexity index is 529. The highest BCUT2D eigenvalue weighted by molar-refractivity contribution is 9.10. The molecular formula is C13H12BrF4NO2. The van der Waals surface area contributed by atoms with E-state index in [0.717, 1.165) is 0 Å². The molecule has 1 N–H and O–H groups in total. The molecule has 0 spiro atoms. The van der Waals surface area contributed by atoms with Crippen molar-refractivity contribution < 1.29 is 27.5 Å². The largest absolute Gasteiger partial charge is 0.481 e. The van der Waals surface area contributed by atoms with Gasteiger partial charge in [-0.25, -0.2) is 4.39 Å². The lowest BCUT2D eigenvalue weighted by Crippen LogP contribution is -2.33. The van der Waals surface area contributed by atoms with Gasteiger partial charge in [-0.2, -0.15) is 13.2 Å². The van der Waals surface area contributed by atoms with Crippen LogP contribution in [0.25, 0.3) is 0 Å². The molecule has 21 heavy (non-hydrogen) atoms. The minimum atomic E-state index is -4.58. The number of alkyl halides is 3. The number of benzene rings is 1. The maximum atomic E-state index is 13.7. The summed E-state index contributed by atoms with van der Waals surface area (Å²) in [5, 5.41) is 8.93. The van der Waals surface area contributed by atoms with Gasteiger partial charge in [0.15, 0.2) is 0 Å². The van der Waals surface area contributed by atoms with Crippen LogP contribution in [0, 0.1) is 17.7 Å². The standard InChI is InChI=1S/C13H12BrF4NO2/c14-10-2-1-3-11(15)8(10)5-19-4-7(12(20)21)9(6-19)13(16,17)18/h1-3,7,9H,4-6H2,(H,20,21)/t7-,9-/m1/s1. The third kappa shape index (κ3) is 3.55. The fourth-order valence-electron chi connectivity index (χ4n) is 2.50. The number of hydrogen-bond donors (Lipinski definition) is 1. The average molecular weight is 370 g/mol. The van der Waals surface area contributed by atoms with E-state index < -0.39 is 36.3 Å². The van der Waals surface area contributed by atoms with Crippen molar-refractivity contribution in [1.82, 2.24) is 4.90 Å². The lowest BCUT2D eigenvalue weighted by Gasteiger charge is -2.19. The van der Waals surface area contributed by atoms with Crippen LogP contribution in [0.4, 0.5) is 17.6 Å². The predicted octanol–water partition coefficient (Wildman–Crippen LogP) is 3.28. The zero-order valence-corrected chi connectivity index (χ0v) is 12.3. The molecule has 2 rings (SSSR count). The summed E-state index contributed by atoms with van der Waals surface area (Å²) < 4.78 is 52.7. The maximum absolute atomic E-state index is 13.7. The number of aliphatic carboxylic acids is 1. The zero-order chi connectivity index (χ0) is 15.8. The first-order chi connectivity index (χ1) is 9.70. The van der Waals surface area contributed by atoms with Gasteiger partial charge in [0, 0.05) is 29.7 Å². The van der Waals surface area contributed by atoms with E-state index in [4.69, 9.17) is 5.11 Å². The molecule has 2 atom stereocenters. The molecule has 1 aliphatic heterocycles. The fourth-order valence-corrected chi connectivity index (χ4v) is 2.97. The molecule has 3 nitrogen and oxygen atoms in total. The minimum absolute atomic E-state index is 0.0659. The molecule has 1 heterocycles. The van der Waals surface area contributed by atoms with Crippen LogP contribution < -0.4 is 0 Å². The van der Waals surface area contributed by atoms with Crippen molar-refractivity contribution >= 4 is 21.9 Å². The van der Waals surface area contributed by atoms with E-state index in [1.807, 2.05) is 0 Å². The predicted molar refractivity (Wildman–Crippen MR) is 70.0 cm³/mol. The molecule has 0 unspecified atom stereocenters. The molecule has 1 fully saturated rings. The fraction of sp³-hybridized carbons (Fsp3) is 0.462. The van der Waals surface area contributed by atoms with Gasteiger partial charge in [-0.3, -0.25) is 9.69 Å². The van der Waals surface area contributed by atoms with Gasteiger partial charge >= 0.3 is 12.1 Å². The number of hydrogen-bond acceptors (Lipinski definition) is 2. The summed E-state index contributed by atoms with van der Waals surface area (Å²) in [5.41, 5.74) is 0.226. The van der Waals surface area contributed by atoms with E-state index >= 15 is 0 Å². The highest BCUT2D eigenvalue weighted by atomic mass is 79.9. The molecule has 116 valence electrons. The monoisotopic (exact) mass is 369 g/mol. The van der Waals surface area contributed by atoms with E-state index in [2.05, 4.69) is 15.9 Å². The van der Waals surface area contributed by atoms with Gasteiger partial charge in [0.05, 0.1) is 11.8 Å². The SMILES string of the molecule is O=C(O)[C@@H]1CN(Cc2c(F)cccc2Br)C[C@H]1C(F)(F)F. The number of rotatable bonds is 3. The Balaban J connectivity index is 2.18. The van der Waals surface area contributed by atoms with Crippen LogP contribution in [-0.4, -0.2) is 35.2 Å². The van der Waals surface area contributed by atoms with E-state index in [9.17, 15) is 22.4 Å². The Kier molecular flexibility index (Phi) is 4.57. The Morgan fingerprint density at radius 3 is 2.52 bits per heavy atom. The summed E-state index contributed by atoms with van der Waals surface area (Å²) in [5.74, 6) is -5.46. The van der Waals surface area contributed by atoms with Crippen molar-refractivity contribution in [1.29, 1.82) is 0 Å². The first kappa shape index (κ1) is 16.2. The topological polar surface area (TPSA) is 40.5 Å². The number of carboxylic acids is 1. The quantitative estimate of drug-likeness (QED) is 0.831. The Morgan fingerprint density at radius 1 is 1.38 bits per heavy atom. The van der Waals surface area contributed by atoms with Crippen LogP contribution in [-0.2, 0) is 11.3 Å². The van der Waals surface area contributed by atoms with Crippen LogP contribution in [0.2, 0.25) is 0 Å². The third-order valence-electron chi connectivity index (χ3n) is 3.58. The molecule has 1 aliphatic rings. The van der Waals surface area contributed by atoms with E-state index in [1.165, 1.54) is 17.0 Å². The second-order valence-corrected chi connectivity index (χ2v) is 5.84. The summed E-state index contributed by atoms with van der Waals surface area (Å²) in [6.07, 6.45) is -4.58. The summed E-state index contributed by atoms with van der Waals surface area (Å²) in [6, 6.07) is 4.28. The van der Waals surface area contributed by atoms with Gasteiger partial charge in [-0.1, -0.05) is 22.0 Å². The summed E-state index contributed by atoms with van der Waals surface area (Å²) >= 11 is 3.15. The second-order valence-electron chi connectivity index (χ2n) is 4.99. The van der Waals surface area contributed by atoms with Gasteiger partial charge in [0.25, 0.3) is 0 Å². The minimum Gasteiger partial charge on any atom is -0.481 e. The summed E-state index contributed by atoms with van der Waals surface area (Å²) in [4.78, 5) is 12.3. The molecule has 1 saturated heterocycles. The van der Waals surface area contributed by atoms with Gasteiger partial charge in [0.1, 0.15) is 5.82 Å². The summed E-state index contributed by atoms with van der Waals surface area (Å²) in [6.45, 7) is -0.759. The number of likely N-dealkylation sites (tertiary alicyclic amines) is 1. The number of nitrogens with zero attached hydrogens (tertiary/aromatic N) is 1. The van der Waals surface area contributed by atoms with E-state index in [-0.39, 0.29) is 18.7 Å². The van der Waals surface area contributed by atoms with Crippen LogP contribution in [0.1, 0.15) is 5.56 Å². The Hall–Kier alpha value is -1.15. The Morgan fingerprint density at radius 2 is 2.05 bits per heavy atom. The van der Waals surface area contributed by atoms with Crippen LogP contribution in [0.15, 0.2) is 22.7 Å². The molecule has 0 aliphatic carbocycles. The van der Waals surface area contributed by atoms with Gasteiger partial charge in [-0.15, -0.1) is 0 Å². The third-order valence-corrected chi connectivity index (χ3v) is 4.32. The molecule has 0 bridgehead atoms. The van der Waals surface area contributed by atoms with Gasteiger partial charge in [-0.05, 0) is 12.1 Å². The number of carboxylic acid groups (broad SMARTS) is 1. The number of carbonyl (C=O) groups is 1. The lowest BCUT2D eigenvalue weighted by atomic mass is 9.96. The molecular weight excluding hydrogens is 358 g/mol. The Labute approximate surface area is 126 Å². The van der Waals surface area contributed by atoms with Crippen molar-refractivity contribution in [3.8, 4) is 0 Å². The number of halogens is 5. The van der Waals surface area contributed by atoms with Crippen molar-refractivity contribution in [2.24, 2.45) is 11.8 Å². The molecule has 1 aromatic carbocycles. The summed E-state index contributed by atoms with van der Waals surface area (Å²) in [7, 11) is 0. The van der Waals surface area contributed by atoms with Gasteiger partial charge < -0.3 is 5.11 Å². The van der Waals surface area contributed by atoms with Gasteiger partial charge in [0.2, 0.25) is 0 Å². The first-order valence-electron chi connectivity index (χ1n) is 6.15. The molecule has 0 aromatic heterocycles. The first-order valence-corrected chi connectivity index (χ1v) is 6.94. The molecule has 0 radical (unpaired) electrons. The van der Waals surface area contributed by atoms with Crippen molar-refractivity contribution in [2.75, 3.05) is 13.1 Å².